The topological polar surface area (TPSA) is 0 Å². The van der Waals surface area contributed by atoms with E-state index in [-0.39, 0.29) is 5.82 Å². The molecule has 0 unspecified atom stereocenters. The van der Waals surface area contributed by atoms with Gasteiger partial charge in [0.05, 0.1) is 0 Å². The van der Waals surface area contributed by atoms with E-state index in [2.05, 4.69) is 13.0 Å². The van der Waals surface area contributed by atoms with Crippen molar-refractivity contribution in [3.63, 3.8) is 0 Å². The third-order valence-electron chi connectivity index (χ3n) is 9.18. The second-order valence-corrected chi connectivity index (χ2v) is 10.8. The van der Waals surface area contributed by atoms with Crippen LogP contribution in [0, 0.1) is 35.4 Å². The molecule has 162 valence electrons. The highest BCUT2D eigenvalue weighted by molar-refractivity contribution is 5.21. The summed E-state index contributed by atoms with van der Waals surface area (Å²) in [6.45, 7) is 2.37. The molecule has 4 rings (SSSR count). The van der Waals surface area contributed by atoms with Crippen molar-refractivity contribution in [2.75, 3.05) is 0 Å². The van der Waals surface area contributed by atoms with Crippen LogP contribution in [0.4, 0.5) is 4.39 Å². The van der Waals surface area contributed by atoms with E-state index in [0.29, 0.717) is 5.92 Å². The Morgan fingerprint density at radius 1 is 0.690 bits per heavy atom. The Hall–Kier alpha value is -0.850. The summed E-state index contributed by atoms with van der Waals surface area (Å²) in [5.41, 5.74) is 1.24. The van der Waals surface area contributed by atoms with Crippen LogP contribution in [0.3, 0.4) is 0 Å². The fourth-order valence-electron chi connectivity index (χ4n) is 7.03. The Bertz CT molecular complexity index is 598. The van der Waals surface area contributed by atoms with Gasteiger partial charge in [0.25, 0.3) is 0 Å². The maximum Gasteiger partial charge on any atom is 0.123 e. The molecule has 0 aromatic heterocycles. The standard InChI is InChI=1S/C28H43F/c1-2-21-6-8-22(9-7-21)10-11-23-12-14-24(15-13-23)25-16-18-26(19-17-25)27-4-3-5-28(29)20-27/h3-5,20-26H,2,6-19H2,1H3. The van der Waals surface area contributed by atoms with Crippen LogP contribution in [-0.4, -0.2) is 0 Å². The van der Waals surface area contributed by atoms with Gasteiger partial charge < -0.3 is 0 Å². The van der Waals surface area contributed by atoms with Gasteiger partial charge in [0.2, 0.25) is 0 Å². The number of hydrogen-bond donors (Lipinski definition) is 0. The van der Waals surface area contributed by atoms with Crippen molar-refractivity contribution < 1.29 is 4.39 Å². The summed E-state index contributed by atoms with van der Waals surface area (Å²) in [6.07, 6.45) is 21.7. The Morgan fingerprint density at radius 2 is 1.21 bits per heavy atom. The Labute approximate surface area is 179 Å². The third kappa shape index (κ3) is 5.86. The molecule has 0 radical (unpaired) electrons. The average molecular weight is 399 g/mol. The summed E-state index contributed by atoms with van der Waals surface area (Å²) < 4.78 is 13.5. The van der Waals surface area contributed by atoms with Gasteiger partial charge in [0.15, 0.2) is 0 Å². The molecule has 3 aliphatic rings. The lowest BCUT2D eigenvalue weighted by molar-refractivity contribution is 0.150. The highest BCUT2D eigenvalue weighted by Gasteiger charge is 2.31. The van der Waals surface area contributed by atoms with Crippen LogP contribution in [0.2, 0.25) is 0 Å². The van der Waals surface area contributed by atoms with E-state index < -0.39 is 0 Å². The number of rotatable bonds is 6. The summed E-state index contributed by atoms with van der Waals surface area (Å²) in [6, 6.07) is 7.36. The first-order valence-electron chi connectivity index (χ1n) is 13.0. The number of benzene rings is 1. The third-order valence-corrected chi connectivity index (χ3v) is 9.18. The first kappa shape index (κ1) is 21.4. The molecule has 0 spiro atoms. The molecule has 0 bridgehead atoms. The molecule has 3 aliphatic carbocycles. The molecule has 1 heteroatoms. The van der Waals surface area contributed by atoms with Crippen molar-refractivity contribution in [2.24, 2.45) is 29.6 Å². The summed E-state index contributed by atoms with van der Waals surface area (Å²) in [7, 11) is 0. The van der Waals surface area contributed by atoms with E-state index in [1.54, 1.807) is 12.1 Å². The molecule has 0 saturated heterocycles. The van der Waals surface area contributed by atoms with Gasteiger partial charge >= 0.3 is 0 Å². The molecule has 1 aromatic carbocycles. The van der Waals surface area contributed by atoms with Crippen molar-refractivity contribution in [3.8, 4) is 0 Å². The van der Waals surface area contributed by atoms with Crippen molar-refractivity contribution >= 4 is 0 Å². The fourth-order valence-corrected chi connectivity index (χ4v) is 7.03. The van der Waals surface area contributed by atoms with E-state index in [9.17, 15) is 4.39 Å². The summed E-state index contributed by atoms with van der Waals surface area (Å²) in [5.74, 6) is 5.58. The van der Waals surface area contributed by atoms with Crippen LogP contribution in [0.15, 0.2) is 24.3 Å². The van der Waals surface area contributed by atoms with Crippen LogP contribution in [0.25, 0.3) is 0 Å². The van der Waals surface area contributed by atoms with Crippen molar-refractivity contribution in [1.29, 1.82) is 0 Å². The fraction of sp³-hybridized carbons (Fsp3) is 0.786. The molecule has 0 aliphatic heterocycles. The quantitative estimate of drug-likeness (QED) is 0.448. The van der Waals surface area contributed by atoms with Gasteiger partial charge in [-0.2, -0.15) is 0 Å². The Kier molecular flexibility index (Phi) is 7.71. The first-order valence-corrected chi connectivity index (χ1v) is 13.0. The SMILES string of the molecule is CCC1CCC(CCC2CCC(C3CCC(c4cccc(F)c4)CC3)CC2)CC1. The summed E-state index contributed by atoms with van der Waals surface area (Å²) in [4.78, 5) is 0. The van der Waals surface area contributed by atoms with Gasteiger partial charge in [0, 0.05) is 0 Å². The molecule has 0 atom stereocenters. The first-order chi connectivity index (χ1) is 14.2. The van der Waals surface area contributed by atoms with Gasteiger partial charge in [-0.1, -0.05) is 76.8 Å². The van der Waals surface area contributed by atoms with E-state index in [1.807, 2.05) is 6.07 Å². The van der Waals surface area contributed by atoms with E-state index in [0.717, 1.165) is 29.6 Å². The Balaban J connectivity index is 1.14. The molecule has 0 N–H and O–H groups in total. The monoisotopic (exact) mass is 398 g/mol. The van der Waals surface area contributed by atoms with Gasteiger partial charge in [0.1, 0.15) is 5.82 Å². The zero-order valence-corrected chi connectivity index (χ0v) is 18.8. The lowest BCUT2D eigenvalue weighted by Gasteiger charge is -2.38. The zero-order chi connectivity index (χ0) is 20.1. The van der Waals surface area contributed by atoms with Gasteiger partial charge in [-0.25, -0.2) is 4.39 Å². The van der Waals surface area contributed by atoms with E-state index in [4.69, 9.17) is 0 Å². The van der Waals surface area contributed by atoms with E-state index >= 15 is 0 Å². The summed E-state index contributed by atoms with van der Waals surface area (Å²) >= 11 is 0. The zero-order valence-electron chi connectivity index (χ0n) is 18.8. The number of hydrogen-bond acceptors (Lipinski definition) is 0. The smallest absolute Gasteiger partial charge is 0.123 e. The largest absolute Gasteiger partial charge is 0.207 e. The average Bonchev–Trinajstić information content (AvgIpc) is 2.78. The van der Waals surface area contributed by atoms with Gasteiger partial charge in [-0.15, -0.1) is 0 Å². The highest BCUT2D eigenvalue weighted by Crippen LogP contribution is 2.45. The predicted molar refractivity (Wildman–Crippen MR) is 122 cm³/mol. The van der Waals surface area contributed by atoms with Crippen LogP contribution in [0.1, 0.15) is 115 Å². The maximum atomic E-state index is 13.5. The minimum atomic E-state index is -0.0682. The summed E-state index contributed by atoms with van der Waals surface area (Å²) in [5, 5.41) is 0. The lowest BCUT2D eigenvalue weighted by atomic mass is 9.67. The second kappa shape index (κ2) is 10.5. The molecule has 0 nitrogen and oxygen atoms in total. The molecule has 0 heterocycles. The van der Waals surface area contributed by atoms with Gasteiger partial charge in [-0.3, -0.25) is 0 Å². The molecule has 29 heavy (non-hydrogen) atoms. The maximum absolute atomic E-state index is 13.5. The van der Waals surface area contributed by atoms with Crippen LogP contribution in [-0.2, 0) is 0 Å². The second-order valence-electron chi connectivity index (χ2n) is 10.8. The van der Waals surface area contributed by atoms with Crippen molar-refractivity contribution in [2.45, 2.75) is 109 Å². The minimum Gasteiger partial charge on any atom is -0.207 e. The Morgan fingerprint density at radius 3 is 1.76 bits per heavy atom. The van der Waals surface area contributed by atoms with Crippen LogP contribution in [0.5, 0.6) is 0 Å². The molecule has 0 amide bonds. The normalized spacial score (nSPS) is 36.1. The lowest BCUT2D eigenvalue weighted by Crippen LogP contribution is -2.25. The molecular formula is C28H43F. The molecular weight excluding hydrogens is 355 g/mol. The molecule has 3 saturated carbocycles. The van der Waals surface area contributed by atoms with Crippen LogP contribution < -0.4 is 0 Å². The van der Waals surface area contributed by atoms with Gasteiger partial charge in [-0.05, 0) is 91.7 Å². The predicted octanol–water partition coefficient (Wildman–Crippen LogP) is 8.90. The molecule has 3 fully saturated rings. The molecule has 1 aromatic rings. The number of halogens is 1. The minimum absolute atomic E-state index is 0.0682. The van der Waals surface area contributed by atoms with Crippen molar-refractivity contribution in [3.05, 3.63) is 35.6 Å². The highest BCUT2D eigenvalue weighted by atomic mass is 19.1. The van der Waals surface area contributed by atoms with Crippen molar-refractivity contribution in [1.82, 2.24) is 0 Å². The van der Waals surface area contributed by atoms with Crippen LogP contribution >= 0.6 is 0 Å². The van der Waals surface area contributed by atoms with E-state index in [1.165, 1.54) is 102 Å².